The molecule has 0 amide bonds. The number of hydrogen-bond donors (Lipinski definition) is 1. The molecule has 0 fully saturated rings. The number of phenolic OH excluding ortho intramolecular Hbond substituents is 1. The Labute approximate surface area is 117 Å². The van der Waals surface area contributed by atoms with Crippen LogP contribution in [0.2, 0.25) is 0 Å². The molecule has 0 aliphatic carbocycles. The number of carbonyl (C=O) groups is 1. The van der Waals surface area contributed by atoms with Crippen molar-refractivity contribution in [3.8, 4) is 5.75 Å². The number of aromatic hydroxyl groups is 1. The fourth-order valence-corrected chi connectivity index (χ4v) is 2.55. The standard InChI is InChI=1S/C18H14O2/c19-12-15-9-10-17(20)18-14(7-4-8-16(15)18)11-13-5-2-1-3-6-13/h1-10,12,20H,11H2. The van der Waals surface area contributed by atoms with Crippen LogP contribution in [-0.4, -0.2) is 11.4 Å². The zero-order chi connectivity index (χ0) is 13.9. The highest BCUT2D eigenvalue weighted by molar-refractivity contribution is 6.02. The van der Waals surface area contributed by atoms with Crippen LogP contribution in [0.5, 0.6) is 5.75 Å². The number of phenols is 1. The second kappa shape index (κ2) is 5.17. The number of hydrogen-bond acceptors (Lipinski definition) is 2. The van der Waals surface area contributed by atoms with E-state index in [-0.39, 0.29) is 5.75 Å². The van der Waals surface area contributed by atoms with E-state index in [1.807, 2.05) is 36.4 Å². The molecule has 20 heavy (non-hydrogen) atoms. The van der Waals surface area contributed by atoms with Gasteiger partial charge in [0.25, 0.3) is 0 Å². The molecule has 0 spiro atoms. The molecule has 3 rings (SSSR count). The summed E-state index contributed by atoms with van der Waals surface area (Å²) in [4.78, 5) is 11.1. The third-order valence-corrected chi connectivity index (χ3v) is 3.50. The number of benzene rings is 3. The Hall–Kier alpha value is -2.61. The molecule has 3 aromatic carbocycles. The number of fused-ring (bicyclic) bond motifs is 1. The van der Waals surface area contributed by atoms with E-state index in [1.165, 1.54) is 5.56 Å². The topological polar surface area (TPSA) is 37.3 Å². The molecule has 0 aliphatic heterocycles. The maximum atomic E-state index is 11.1. The number of carbonyl (C=O) groups excluding carboxylic acids is 1. The van der Waals surface area contributed by atoms with E-state index >= 15 is 0 Å². The van der Waals surface area contributed by atoms with Gasteiger partial charge >= 0.3 is 0 Å². The number of aldehydes is 1. The van der Waals surface area contributed by atoms with Gasteiger partial charge in [0.15, 0.2) is 6.29 Å². The van der Waals surface area contributed by atoms with Crippen LogP contribution in [0.15, 0.2) is 60.7 Å². The van der Waals surface area contributed by atoms with Crippen LogP contribution in [0.3, 0.4) is 0 Å². The van der Waals surface area contributed by atoms with E-state index in [4.69, 9.17) is 0 Å². The monoisotopic (exact) mass is 262 g/mol. The van der Waals surface area contributed by atoms with Gasteiger partial charge in [0.2, 0.25) is 0 Å². The molecular formula is C18H14O2. The molecule has 0 atom stereocenters. The Morgan fingerprint density at radius 2 is 1.70 bits per heavy atom. The molecule has 1 N–H and O–H groups in total. The summed E-state index contributed by atoms with van der Waals surface area (Å²) in [5.74, 6) is 0.220. The summed E-state index contributed by atoms with van der Waals surface area (Å²) in [5, 5.41) is 11.7. The second-order valence-corrected chi connectivity index (χ2v) is 4.79. The molecule has 0 radical (unpaired) electrons. The van der Waals surface area contributed by atoms with Crippen LogP contribution < -0.4 is 0 Å². The summed E-state index contributed by atoms with van der Waals surface area (Å²) in [6.45, 7) is 0. The van der Waals surface area contributed by atoms with Crippen LogP contribution in [0.25, 0.3) is 10.8 Å². The molecule has 3 aromatic rings. The van der Waals surface area contributed by atoms with E-state index in [9.17, 15) is 9.90 Å². The summed E-state index contributed by atoms with van der Waals surface area (Å²) in [7, 11) is 0. The molecule has 2 heteroatoms. The Morgan fingerprint density at radius 1 is 0.900 bits per heavy atom. The zero-order valence-corrected chi connectivity index (χ0v) is 10.9. The molecule has 98 valence electrons. The van der Waals surface area contributed by atoms with E-state index in [1.54, 1.807) is 12.1 Å². The van der Waals surface area contributed by atoms with E-state index in [2.05, 4.69) is 12.1 Å². The Morgan fingerprint density at radius 3 is 2.45 bits per heavy atom. The lowest BCUT2D eigenvalue weighted by Crippen LogP contribution is -1.92. The molecule has 0 bridgehead atoms. The minimum Gasteiger partial charge on any atom is -0.507 e. The highest BCUT2D eigenvalue weighted by atomic mass is 16.3. The third kappa shape index (κ3) is 2.16. The lowest BCUT2D eigenvalue weighted by molar-refractivity contribution is 0.112. The van der Waals surface area contributed by atoms with Gasteiger partial charge in [0.05, 0.1) is 0 Å². The van der Waals surface area contributed by atoms with Crippen molar-refractivity contribution >= 4 is 17.1 Å². The van der Waals surface area contributed by atoms with Crippen molar-refractivity contribution in [2.45, 2.75) is 6.42 Å². The van der Waals surface area contributed by atoms with Crippen molar-refractivity contribution in [3.05, 3.63) is 77.4 Å². The Kier molecular flexibility index (Phi) is 3.21. The first kappa shape index (κ1) is 12.4. The summed E-state index contributed by atoms with van der Waals surface area (Å²) >= 11 is 0. The van der Waals surface area contributed by atoms with Gasteiger partial charge in [0, 0.05) is 10.9 Å². The summed E-state index contributed by atoms with van der Waals surface area (Å²) in [6, 6.07) is 19.1. The van der Waals surface area contributed by atoms with E-state index in [0.29, 0.717) is 5.56 Å². The van der Waals surface area contributed by atoms with Gasteiger partial charge in [-0.1, -0.05) is 48.5 Å². The van der Waals surface area contributed by atoms with Gasteiger partial charge in [-0.3, -0.25) is 4.79 Å². The average Bonchev–Trinajstić information content (AvgIpc) is 2.49. The van der Waals surface area contributed by atoms with Crippen molar-refractivity contribution in [1.82, 2.24) is 0 Å². The van der Waals surface area contributed by atoms with Crippen molar-refractivity contribution in [1.29, 1.82) is 0 Å². The number of rotatable bonds is 3. The average molecular weight is 262 g/mol. The maximum Gasteiger partial charge on any atom is 0.150 e. The van der Waals surface area contributed by atoms with Gasteiger partial charge in [-0.15, -0.1) is 0 Å². The zero-order valence-electron chi connectivity index (χ0n) is 10.9. The van der Waals surface area contributed by atoms with E-state index in [0.717, 1.165) is 29.0 Å². The van der Waals surface area contributed by atoms with Crippen molar-refractivity contribution in [2.75, 3.05) is 0 Å². The summed E-state index contributed by atoms with van der Waals surface area (Å²) < 4.78 is 0. The molecule has 0 unspecified atom stereocenters. The van der Waals surface area contributed by atoms with Crippen LogP contribution in [0.4, 0.5) is 0 Å². The normalized spacial score (nSPS) is 10.6. The predicted molar refractivity (Wildman–Crippen MR) is 80.2 cm³/mol. The van der Waals surface area contributed by atoms with Gasteiger partial charge < -0.3 is 5.11 Å². The Bertz CT molecular complexity index is 761. The van der Waals surface area contributed by atoms with Crippen LogP contribution in [0, 0.1) is 0 Å². The van der Waals surface area contributed by atoms with Crippen LogP contribution >= 0.6 is 0 Å². The van der Waals surface area contributed by atoms with Gasteiger partial charge in [-0.2, -0.15) is 0 Å². The van der Waals surface area contributed by atoms with Gasteiger partial charge in [0.1, 0.15) is 5.75 Å². The van der Waals surface area contributed by atoms with E-state index < -0.39 is 0 Å². The molecular weight excluding hydrogens is 248 g/mol. The first-order chi connectivity index (χ1) is 9.79. The molecule has 0 heterocycles. The van der Waals surface area contributed by atoms with Gasteiger partial charge in [-0.25, -0.2) is 0 Å². The fraction of sp³-hybridized carbons (Fsp3) is 0.0556. The quantitative estimate of drug-likeness (QED) is 0.726. The largest absolute Gasteiger partial charge is 0.507 e. The smallest absolute Gasteiger partial charge is 0.150 e. The van der Waals surface area contributed by atoms with Crippen molar-refractivity contribution in [3.63, 3.8) is 0 Å². The SMILES string of the molecule is O=Cc1ccc(O)c2c(Cc3ccccc3)cccc12. The maximum absolute atomic E-state index is 11.1. The molecule has 0 saturated carbocycles. The van der Waals surface area contributed by atoms with Crippen LogP contribution in [-0.2, 0) is 6.42 Å². The second-order valence-electron chi connectivity index (χ2n) is 4.79. The molecule has 0 aliphatic rings. The minimum atomic E-state index is 0.220. The highest BCUT2D eigenvalue weighted by Crippen LogP contribution is 2.31. The van der Waals surface area contributed by atoms with Gasteiger partial charge in [-0.05, 0) is 35.1 Å². The third-order valence-electron chi connectivity index (χ3n) is 3.50. The first-order valence-corrected chi connectivity index (χ1v) is 6.52. The Balaban J connectivity index is 2.19. The lowest BCUT2D eigenvalue weighted by Gasteiger charge is -2.10. The highest BCUT2D eigenvalue weighted by Gasteiger charge is 2.09. The molecule has 0 aromatic heterocycles. The van der Waals surface area contributed by atoms with Crippen LogP contribution in [0.1, 0.15) is 21.5 Å². The minimum absolute atomic E-state index is 0.220. The molecule has 0 saturated heterocycles. The van der Waals surface area contributed by atoms with Crippen molar-refractivity contribution in [2.24, 2.45) is 0 Å². The first-order valence-electron chi connectivity index (χ1n) is 6.52. The van der Waals surface area contributed by atoms with Crippen molar-refractivity contribution < 1.29 is 9.90 Å². The predicted octanol–water partition coefficient (Wildman–Crippen LogP) is 3.95. The summed E-state index contributed by atoms with van der Waals surface area (Å²) in [5.41, 5.74) is 2.80. The fourth-order valence-electron chi connectivity index (χ4n) is 2.55. The molecule has 2 nitrogen and oxygen atoms in total. The summed E-state index contributed by atoms with van der Waals surface area (Å²) in [6.07, 6.45) is 1.56. The lowest BCUT2D eigenvalue weighted by atomic mass is 9.95.